The van der Waals surface area contributed by atoms with Crippen LogP contribution in [0, 0.1) is 5.92 Å². The van der Waals surface area contributed by atoms with Crippen molar-refractivity contribution in [1.82, 2.24) is 4.90 Å². The summed E-state index contributed by atoms with van der Waals surface area (Å²) in [6.07, 6.45) is 2.70. The van der Waals surface area contributed by atoms with Gasteiger partial charge in [0.1, 0.15) is 0 Å². The molecule has 1 unspecified atom stereocenters. The Bertz CT molecular complexity index is 161. The lowest BCUT2D eigenvalue weighted by atomic mass is 10.2. The van der Waals surface area contributed by atoms with E-state index in [0.717, 1.165) is 5.92 Å². The van der Waals surface area contributed by atoms with E-state index in [2.05, 4.69) is 16.8 Å². The zero-order valence-corrected chi connectivity index (χ0v) is 7.54. The smallest absolute Gasteiger partial charge is 0.190 e. The highest BCUT2D eigenvalue weighted by atomic mass is 15.2. The van der Waals surface area contributed by atoms with Gasteiger partial charge in [0.25, 0.3) is 0 Å². The minimum Gasteiger partial charge on any atom is -0.370 e. The van der Waals surface area contributed by atoms with Crippen LogP contribution >= 0.6 is 0 Å². The average molecular weight is 155 g/mol. The second-order valence-corrected chi connectivity index (χ2v) is 3.27. The number of guanidine groups is 1. The second kappa shape index (κ2) is 3.11. The van der Waals surface area contributed by atoms with Crippen LogP contribution in [0.5, 0.6) is 0 Å². The third kappa shape index (κ3) is 1.85. The van der Waals surface area contributed by atoms with Crippen molar-refractivity contribution in [3.05, 3.63) is 0 Å². The van der Waals surface area contributed by atoms with Crippen LogP contribution < -0.4 is 5.73 Å². The molecule has 0 spiro atoms. The Balaban J connectivity index is 2.44. The van der Waals surface area contributed by atoms with Crippen molar-refractivity contribution in [3.8, 4) is 0 Å². The van der Waals surface area contributed by atoms with E-state index in [-0.39, 0.29) is 0 Å². The van der Waals surface area contributed by atoms with Crippen LogP contribution in [0.1, 0.15) is 19.8 Å². The lowest BCUT2D eigenvalue weighted by molar-refractivity contribution is 0.350. The van der Waals surface area contributed by atoms with E-state index < -0.39 is 0 Å². The first-order valence-corrected chi connectivity index (χ1v) is 4.12. The molecule has 3 nitrogen and oxygen atoms in total. The average Bonchev–Trinajstić information content (AvgIpc) is 2.82. The van der Waals surface area contributed by atoms with Gasteiger partial charge in [-0.05, 0) is 25.7 Å². The summed E-state index contributed by atoms with van der Waals surface area (Å²) < 4.78 is 0. The van der Waals surface area contributed by atoms with Gasteiger partial charge in [0.2, 0.25) is 0 Å². The summed E-state index contributed by atoms with van der Waals surface area (Å²) in [6.45, 7) is 2.20. The van der Waals surface area contributed by atoms with Gasteiger partial charge in [-0.25, -0.2) is 0 Å². The number of nitrogens with zero attached hydrogens (tertiary/aromatic N) is 2. The molecule has 0 saturated heterocycles. The van der Waals surface area contributed by atoms with Crippen LogP contribution in [0.15, 0.2) is 4.99 Å². The van der Waals surface area contributed by atoms with E-state index in [4.69, 9.17) is 5.73 Å². The third-order valence-electron chi connectivity index (χ3n) is 2.51. The van der Waals surface area contributed by atoms with Crippen molar-refractivity contribution in [2.45, 2.75) is 25.8 Å². The monoisotopic (exact) mass is 155 g/mol. The minimum atomic E-state index is 0.554. The maximum absolute atomic E-state index is 5.66. The highest BCUT2D eigenvalue weighted by Gasteiger charge is 2.30. The summed E-state index contributed by atoms with van der Waals surface area (Å²) in [5.74, 6) is 1.49. The predicted molar refractivity (Wildman–Crippen MR) is 47.5 cm³/mol. The van der Waals surface area contributed by atoms with Crippen LogP contribution in [0.4, 0.5) is 0 Å². The van der Waals surface area contributed by atoms with Gasteiger partial charge < -0.3 is 10.6 Å². The normalized spacial score (nSPS) is 21.5. The van der Waals surface area contributed by atoms with Gasteiger partial charge in [0.05, 0.1) is 0 Å². The Morgan fingerprint density at radius 3 is 2.55 bits per heavy atom. The number of rotatable bonds is 2. The standard InChI is InChI=1S/C8H17N3/c1-6(7-4-5-7)11(3)8(9)10-2/h6-7H,4-5H2,1-3H3,(H2,9,10). The van der Waals surface area contributed by atoms with Gasteiger partial charge in [-0.15, -0.1) is 0 Å². The molecular formula is C8H17N3. The topological polar surface area (TPSA) is 41.6 Å². The van der Waals surface area contributed by atoms with Gasteiger partial charge >= 0.3 is 0 Å². The maximum Gasteiger partial charge on any atom is 0.190 e. The molecule has 0 aromatic heterocycles. The molecule has 0 aromatic rings. The number of hydrogen-bond acceptors (Lipinski definition) is 1. The lowest BCUT2D eigenvalue weighted by Crippen LogP contribution is -2.41. The molecule has 0 amide bonds. The molecule has 0 aromatic carbocycles. The molecule has 3 heteroatoms. The molecule has 0 bridgehead atoms. The minimum absolute atomic E-state index is 0.554. The van der Waals surface area contributed by atoms with Crippen LogP contribution in [0.3, 0.4) is 0 Å². The van der Waals surface area contributed by atoms with E-state index in [1.165, 1.54) is 12.8 Å². The molecule has 64 valence electrons. The Morgan fingerprint density at radius 1 is 1.64 bits per heavy atom. The van der Waals surface area contributed by atoms with Crippen molar-refractivity contribution in [1.29, 1.82) is 0 Å². The molecule has 1 saturated carbocycles. The van der Waals surface area contributed by atoms with E-state index >= 15 is 0 Å². The van der Waals surface area contributed by atoms with E-state index in [1.54, 1.807) is 7.05 Å². The summed E-state index contributed by atoms with van der Waals surface area (Å²) in [5.41, 5.74) is 5.66. The fraction of sp³-hybridized carbons (Fsp3) is 0.875. The first kappa shape index (κ1) is 8.37. The largest absolute Gasteiger partial charge is 0.370 e. The van der Waals surface area contributed by atoms with Crippen molar-refractivity contribution in [3.63, 3.8) is 0 Å². The quantitative estimate of drug-likeness (QED) is 0.470. The lowest BCUT2D eigenvalue weighted by Gasteiger charge is -2.25. The van der Waals surface area contributed by atoms with Crippen LogP contribution in [0.2, 0.25) is 0 Å². The van der Waals surface area contributed by atoms with E-state index in [9.17, 15) is 0 Å². The molecular weight excluding hydrogens is 138 g/mol. The second-order valence-electron chi connectivity index (χ2n) is 3.27. The zero-order chi connectivity index (χ0) is 8.43. The first-order chi connectivity index (χ1) is 5.16. The Morgan fingerprint density at radius 2 is 2.18 bits per heavy atom. The zero-order valence-electron chi connectivity index (χ0n) is 7.54. The predicted octanol–water partition coefficient (Wildman–Crippen LogP) is 0.661. The highest BCUT2D eigenvalue weighted by Crippen LogP contribution is 2.34. The molecule has 1 aliphatic rings. The molecule has 1 rings (SSSR count). The summed E-state index contributed by atoms with van der Waals surface area (Å²) >= 11 is 0. The summed E-state index contributed by atoms with van der Waals surface area (Å²) in [4.78, 5) is 5.99. The van der Waals surface area contributed by atoms with Crippen LogP contribution in [-0.2, 0) is 0 Å². The molecule has 11 heavy (non-hydrogen) atoms. The van der Waals surface area contributed by atoms with Crippen molar-refractivity contribution < 1.29 is 0 Å². The number of aliphatic imine (C=N–C) groups is 1. The van der Waals surface area contributed by atoms with Crippen LogP contribution in [-0.4, -0.2) is 31.0 Å². The molecule has 0 heterocycles. The van der Waals surface area contributed by atoms with Crippen LogP contribution in [0.25, 0.3) is 0 Å². The van der Waals surface area contributed by atoms with Gasteiger partial charge in [-0.2, -0.15) is 0 Å². The molecule has 0 aliphatic heterocycles. The highest BCUT2D eigenvalue weighted by molar-refractivity contribution is 5.77. The summed E-state index contributed by atoms with van der Waals surface area (Å²) in [6, 6.07) is 0.554. The molecule has 0 radical (unpaired) electrons. The third-order valence-corrected chi connectivity index (χ3v) is 2.51. The summed E-state index contributed by atoms with van der Waals surface area (Å²) in [5, 5.41) is 0. The van der Waals surface area contributed by atoms with Gasteiger partial charge in [0.15, 0.2) is 5.96 Å². The van der Waals surface area contributed by atoms with Gasteiger partial charge in [-0.3, -0.25) is 4.99 Å². The van der Waals surface area contributed by atoms with Crippen molar-refractivity contribution in [2.75, 3.05) is 14.1 Å². The molecule has 1 aliphatic carbocycles. The van der Waals surface area contributed by atoms with Crippen molar-refractivity contribution >= 4 is 5.96 Å². The first-order valence-electron chi connectivity index (χ1n) is 4.12. The maximum atomic E-state index is 5.66. The fourth-order valence-corrected chi connectivity index (χ4v) is 1.26. The summed E-state index contributed by atoms with van der Waals surface area (Å²) in [7, 11) is 3.73. The van der Waals surface area contributed by atoms with Gasteiger partial charge in [0, 0.05) is 20.1 Å². The molecule has 2 N–H and O–H groups in total. The molecule has 1 atom stereocenters. The fourth-order valence-electron chi connectivity index (χ4n) is 1.26. The Kier molecular flexibility index (Phi) is 2.37. The van der Waals surface area contributed by atoms with Crippen molar-refractivity contribution in [2.24, 2.45) is 16.6 Å². The van der Waals surface area contributed by atoms with E-state index in [1.807, 2.05) is 7.05 Å². The molecule has 1 fully saturated rings. The SMILES string of the molecule is CN=C(N)N(C)C(C)C1CC1. The number of hydrogen-bond donors (Lipinski definition) is 1. The number of nitrogens with two attached hydrogens (primary N) is 1. The van der Waals surface area contributed by atoms with Gasteiger partial charge in [-0.1, -0.05) is 0 Å². The Hall–Kier alpha value is -0.730. The Labute approximate surface area is 68.3 Å². The van der Waals surface area contributed by atoms with E-state index in [0.29, 0.717) is 12.0 Å².